The van der Waals surface area contributed by atoms with E-state index in [-0.39, 0.29) is 29.5 Å². The monoisotopic (exact) mass is 423 g/mol. The number of aromatic nitrogens is 3. The van der Waals surface area contributed by atoms with Crippen LogP contribution in [0.1, 0.15) is 11.3 Å². The fraction of sp³-hybridized carbons (Fsp3) is 0.286. The number of rotatable bonds is 4. The lowest BCUT2D eigenvalue weighted by Gasteiger charge is -2.27. The molecule has 2 aliphatic rings. The summed E-state index contributed by atoms with van der Waals surface area (Å²) >= 11 is 0. The third kappa shape index (κ3) is 3.55. The molecule has 9 heteroatoms. The first kappa shape index (κ1) is 19.1. The van der Waals surface area contributed by atoms with Crippen LogP contribution in [0, 0.1) is 0 Å². The van der Waals surface area contributed by atoms with Crippen molar-refractivity contribution in [2.45, 2.75) is 30.1 Å². The number of fused-ring (bicyclic) bond motifs is 2. The van der Waals surface area contributed by atoms with Crippen molar-refractivity contribution in [1.29, 1.82) is 0 Å². The normalized spacial score (nSPS) is 23.2. The van der Waals surface area contributed by atoms with Crippen LogP contribution in [0.3, 0.4) is 0 Å². The lowest BCUT2D eigenvalue weighted by Crippen LogP contribution is -2.46. The van der Waals surface area contributed by atoms with Crippen LogP contribution in [0.15, 0.2) is 72.1 Å². The number of hydrogen-bond acceptors (Lipinski definition) is 7. The highest BCUT2D eigenvalue weighted by molar-refractivity contribution is 7.89. The summed E-state index contributed by atoms with van der Waals surface area (Å²) in [5.74, 6) is 0.168. The highest BCUT2D eigenvalue weighted by atomic mass is 32.2. The van der Waals surface area contributed by atoms with Crippen molar-refractivity contribution in [2.24, 2.45) is 0 Å². The molecule has 1 saturated heterocycles. The summed E-state index contributed by atoms with van der Waals surface area (Å²) in [6.45, 7) is 2.06. The molecule has 2 aliphatic heterocycles. The van der Waals surface area contributed by atoms with E-state index < -0.39 is 10.0 Å². The van der Waals surface area contributed by atoms with Gasteiger partial charge in [-0.05, 0) is 42.0 Å². The molecule has 0 bridgehead atoms. The Morgan fingerprint density at radius 3 is 2.57 bits per heavy atom. The van der Waals surface area contributed by atoms with Crippen molar-refractivity contribution < 1.29 is 13.2 Å². The molecule has 0 saturated carbocycles. The van der Waals surface area contributed by atoms with E-state index in [1.807, 2.05) is 30.3 Å². The largest absolute Gasteiger partial charge is 0.470 e. The number of pyridine rings is 3. The average Bonchev–Trinajstić information content (AvgIpc) is 3.11. The van der Waals surface area contributed by atoms with Crippen LogP contribution in [0.4, 0.5) is 0 Å². The molecule has 0 aliphatic carbocycles. The molecule has 8 nitrogen and oxygen atoms in total. The van der Waals surface area contributed by atoms with Gasteiger partial charge in [0.1, 0.15) is 11.0 Å². The van der Waals surface area contributed by atoms with E-state index in [0.29, 0.717) is 25.3 Å². The molecular formula is C21H21N5O3S. The van der Waals surface area contributed by atoms with Gasteiger partial charge in [0, 0.05) is 44.4 Å². The summed E-state index contributed by atoms with van der Waals surface area (Å²) in [6, 6.07) is 12.3. The predicted octanol–water partition coefficient (Wildman–Crippen LogP) is 1.71. The molecule has 0 amide bonds. The van der Waals surface area contributed by atoms with Crippen molar-refractivity contribution in [3.05, 3.63) is 78.5 Å². The van der Waals surface area contributed by atoms with Gasteiger partial charge in [-0.25, -0.2) is 13.4 Å². The van der Waals surface area contributed by atoms with E-state index >= 15 is 0 Å². The Morgan fingerprint density at radius 1 is 0.933 bits per heavy atom. The molecule has 154 valence electrons. The number of sulfonamides is 1. The Bertz CT molecular complexity index is 1130. The summed E-state index contributed by atoms with van der Waals surface area (Å²) in [5.41, 5.74) is 1.82. The Morgan fingerprint density at radius 2 is 1.77 bits per heavy atom. The minimum atomic E-state index is -3.80. The van der Waals surface area contributed by atoms with Gasteiger partial charge in [0.15, 0.2) is 0 Å². The van der Waals surface area contributed by atoms with E-state index in [9.17, 15) is 8.42 Å². The van der Waals surface area contributed by atoms with Gasteiger partial charge < -0.3 is 4.74 Å². The van der Waals surface area contributed by atoms with Gasteiger partial charge in [-0.2, -0.15) is 4.31 Å². The van der Waals surface area contributed by atoms with E-state index in [0.717, 1.165) is 5.56 Å². The van der Waals surface area contributed by atoms with Gasteiger partial charge >= 0.3 is 0 Å². The molecule has 1 fully saturated rings. The second-order valence-corrected chi connectivity index (χ2v) is 9.31. The minimum absolute atomic E-state index is 0.107. The van der Waals surface area contributed by atoms with Crippen molar-refractivity contribution in [2.75, 3.05) is 13.1 Å². The van der Waals surface area contributed by atoms with E-state index in [1.165, 1.54) is 4.31 Å². The highest BCUT2D eigenvalue weighted by Gasteiger charge is 2.47. The molecule has 0 radical (unpaired) electrons. The molecule has 0 spiro atoms. The summed E-state index contributed by atoms with van der Waals surface area (Å²) in [6.07, 6.45) is 6.44. The van der Waals surface area contributed by atoms with Gasteiger partial charge in [0.2, 0.25) is 15.9 Å². The summed E-state index contributed by atoms with van der Waals surface area (Å²) in [4.78, 5) is 14.9. The second-order valence-electron chi connectivity index (χ2n) is 7.45. The zero-order valence-electron chi connectivity index (χ0n) is 16.2. The maximum atomic E-state index is 13.6. The summed E-state index contributed by atoms with van der Waals surface area (Å²) < 4.78 is 34.8. The van der Waals surface area contributed by atoms with Crippen molar-refractivity contribution in [3.8, 4) is 5.88 Å². The maximum absolute atomic E-state index is 13.6. The average molecular weight is 423 g/mol. The van der Waals surface area contributed by atoms with Gasteiger partial charge in [-0.3, -0.25) is 14.9 Å². The van der Waals surface area contributed by atoms with Crippen LogP contribution in [0.2, 0.25) is 0 Å². The Labute approximate surface area is 175 Å². The quantitative estimate of drug-likeness (QED) is 0.631. The molecule has 0 N–H and O–H groups in total. The molecular weight excluding hydrogens is 402 g/mol. The van der Waals surface area contributed by atoms with Crippen molar-refractivity contribution in [3.63, 3.8) is 0 Å². The first-order valence-electron chi connectivity index (χ1n) is 9.76. The van der Waals surface area contributed by atoms with Crippen LogP contribution in [-0.2, 0) is 23.1 Å². The first-order valence-corrected chi connectivity index (χ1v) is 11.2. The van der Waals surface area contributed by atoms with Crippen molar-refractivity contribution >= 4 is 10.0 Å². The Balaban J connectivity index is 1.51. The fourth-order valence-electron chi connectivity index (χ4n) is 4.06. The van der Waals surface area contributed by atoms with Gasteiger partial charge in [0.25, 0.3) is 0 Å². The molecule has 3 aromatic heterocycles. The number of ether oxygens (including phenoxy) is 1. The molecule has 0 unspecified atom stereocenters. The van der Waals surface area contributed by atoms with Gasteiger partial charge in [-0.15, -0.1) is 0 Å². The molecule has 5 rings (SSSR count). The Hall–Kier alpha value is -2.88. The molecule has 30 heavy (non-hydrogen) atoms. The first-order chi connectivity index (χ1) is 14.6. The predicted molar refractivity (Wildman–Crippen MR) is 109 cm³/mol. The summed E-state index contributed by atoms with van der Waals surface area (Å²) in [5, 5.41) is 0. The maximum Gasteiger partial charge on any atom is 0.249 e. The third-order valence-electron chi connectivity index (χ3n) is 5.47. The number of hydrogen-bond donors (Lipinski definition) is 0. The van der Waals surface area contributed by atoms with Crippen LogP contribution in [-0.4, -0.2) is 57.8 Å². The van der Waals surface area contributed by atoms with E-state index in [4.69, 9.17) is 4.74 Å². The van der Waals surface area contributed by atoms with Crippen molar-refractivity contribution in [1.82, 2.24) is 24.2 Å². The number of likely N-dealkylation sites (tertiary alicyclic amines) is 1. The molecule has 3 aromatic rings. The van der Waals surface area contributed by atoms with E-state index in [1.54, 1.807) is 36.9 Å². The zero-order chi connectivity index (χ0) is 20.6. The third-order valence-corrected chi connectivity index (χ3v) is 7.35. The highest BCUT2D eigenvalue weighted by Crippen LogP contribution is 2.35. The molecule has 0 aromatic carbocycles. The topological polar surface area (TPSA) is 88.5 Å². The van der Waals surface area contributed by atoms with Crippen LogP contribution >= 0.6 is 0 Å². The zero-order valence-corrected chi connectivity index (χ0v) is 17.0. The van der Waals surface area contributed by atoms with Gasteiger partial charge in [-0.1, -0.05) is 6.07 Å². The van der Waals surface area contributed by atoms with Crippen LogP contribution < -0.4 is 4.74 Å². The van der Waals surface area contributed by atoms with Gasteiger partial charge in [0.05, 0.1) is 18.3 Å². The summed E-state index contributed by atoms with van der Waals surface area (Å²) in [7, 11) is -3.80. The van der Waals surface area contributed by atoms with E-state index in [2.05, 4.69) is 19.9 Å². The molecule has 5 heterocycles. The lowest BCUT2D eigenvalue weighted by molar-refractivity contribution is 0.143. The SMILES string of the molecule is O=S1(=O)c2cccnc2O[C@H]2CN(Cc3ccncc3)C[C@@H]2N1Cc1ccccn1. The Kier molecular flexibility index (Phi) is 4.93. The number of nitrogens with zero attached hydrogens (tertiary/aromatic N) is 5. The molecule has 2 atom stereocenters. The van der Waals surface area contributed by atoms with Crippen LogP contribution in [0.25, 0.3) is 0 Å². The lowest BCUT2D eigenvalue weighted by atomic mass is 10.2. The van der Waals surface area contributed by atoms with Crippen LogP contribution in [0.5, 0.6) is 5.88 Å². The smallest absolute Gasteiger partial charge is 0.249 e. The standard InChI is InChI=1S/C21H21N5O3S/c27-30(28)20-5-3-9-24-21(20)29-19-15-25(12-16-6-10-22-11-7-16)14-18(19)26(30)13-17-4-1-2-8-23-17/h1-11,18-19H,12-15H2/t18-,19-/m0/s1. The second kappa shape index (κ2) is 7.75. The fourth-order valence-corrected chi connectivity index (χ4v) is 5.75. The minimum Gasteiger partial charge on any atom is -0.470 e.